The van der Waals surface area contributed by atoms with E-state index in [1.807, 2.05) is 6.07 Å². The van der Waals surface area contributed by atoms with Crippen molar-refractivity contribution in [1.29, 1.82) is 0 Å². The monoisotopic (exact) mass is 411 g/mol. The first-order valence-corrected chi connectivity index (χ1v) is 8.72. The zero-order chi connectivity index (χ0) is 15.5. The van der Waals surface area contributed by atoms with E-state index in [1.54, 1.807) is 0 Å². The van der Waals surface area contributed by atoms with E-state index in [1.165, 1.54) is 24.9 Å². The van der Waals surface area contributed by atoms with Crippen molar-refractivity contribution in [2.45, 2.75) is 39.2 Å². The maximum absolute atomic E-state index is 10.3. The summed E-state index contributed by atoms with van der Waals surface area (Å²) in [4.78, 5) is 7.29. The molecule has 1 N–H and O–H groups in total. The Morgan fingerprint density at radius 1 is 0.800 bits per heavy atom. The molecule has 0 bridgehead atoms. The lowest BCUT2D eigenvalue weighted by Crippen LogP contribution is -2.49. The number of piperidine rings is 1. The summed E-state index contributed by atoms with van der Waals surface area (Å²) < 4.78 is 0. The van der Waals surface area contributed by atoms with Gasteiger partial charge >= 0.3 is 0 Å². The van der Waals surface area contributed by atoms with Crippen molar-refractivity contribution in [2.24, 2.45) is 0 Å². The van der Waals surface area contributed by atoms with Crippen molar-refractivity contribution < 1.29 is 5.11 Å². The van der Waals surface area contributed by atoms with Crippen molar-refractivity contribution in [1.82, 2.24) is 4.90 Å². The Bertz CT molecular complexity index is 502. The number of hydrogen-bond donors (Lipinski definition) is 1. The second kappa shape index (κ2) is 11.2. The third kappa shape index (κ3) is 5.99. The summed E-state index contributed by atoms with van der Waals surface area (Å²) in [5.74, 6) is 0.416. The molecule has 1 aromatic rings. The molecule has 0 radical (unpaired) electrons. The standard InChI is InChI=1S/C18H29N3O.3ClH/c1-15(2)19-10-12-21(13-11-19)17-14-16(6-7-18(17)22)20-8-4-3-5-9-20;;;/h6-7,14-15,22H,3-5,8-13H2,1-2H3;3*1H. The van der Waals surface area contributed by atoms with E-state index >= 15 is 0 Å². The fourth-order valence-corrected chi connectivity index (χ4v) is 3.59. The predicted octanol–water partition coefficient (Wildman–Crippen LogP) is 4.18. The minimum Gasteiger partial charge on any atom is -0.506 e. The van der Waals surface area contributed by atoms with Gasteiger partial charge < -0.3 is 14.9 Å². The van der Waals surface area contributed by atoms with Crippen LogP contribution in [0.4, 0.5) is 11.4 Å². The van der Waals surface area contributed by atoms with E-state index in [0.29, 0.717) is 11.8 Å². The van der Waals surface area contributed by atoms with Gasteiger partial charge in [-0.25, -0.2) is 0 Å². The van der Waals surface area contributed by atoms with Crippen LogP contribution < -0.4 is 9.80 Å². The van der Waals surface area contributed by atoms with Crippen molar-refractivity contribution in [3.05, 3.63) is 18.2 Å². The fourth-order valence-electron chi connectivity index (χ4n) is 3.59. The van der Waals surface area contributed by atoms with Gasteiger partial charge in [-0.3, -0.25) is 4.90 Å². The minimum absolute atomic E-state index is 0. The number of anilines is 2. The lowest BCUT2D eigenvalue weighted by Gasteiger charge is -2.38. The van der Waals surface area contributed by atoms with Gasteiger partial charge in [-0.1, -0.05) is 0 Å². The molecule has 0 atom stereocenters. The molecule has 4 nitrogen and oxygen atoms in total. The van der Waals surface area contributed by atoms with E-state index in [0.717, 1.165) is 45.0 Å². The predicted molar refractivity (Wildman–Crippen MR) is 115 cm³/mol. The molecule has 25 heavy (non-hydrogen) atoms. The van der Waals surface area contributed by atoms with Crippen LogP contribution >= 0.6 is 37.2 Å². The highest BCUT2D eigenvalue weighted by Gasteiger charge is 2.22. The lowest BCUT2D eigenvalue weighted by molar-refractivity contribution is 0.209. The maximum Gasteiger partial charge on any atom is 0.139 e. The molecule has 0 aliphatic carbocycles. The average Bonchev–Trinajstić information content (AvgIpc) is 2.56. The Labute approximate surface area is 170 Å². The summed E-state index contributed by atoms with van der Waals surface area (Å²) in [5.41, 5.74) is 2.27. The Hall–Kier alpha value is -0.550. The molecule has 0 aromatic heterocycles. The number of phenolic OH excluding ortho intramolecular Hbond substituents is 1. The number of aromatic hydroxyl groups is 1. The van der Waals surface area contributed by atoms with E-state index in [9.17, 15) is 5.11 Å². The zero-order valence-corrected chi connectivity index (χ0v) is 17.6. The van der Waals surface area contributed by atoms with Crippen LogP contribution in [0.2, 0.25) is 0 Å². The van der Waals surface area contributed by atoms with Crippen molar-refractivity contribution in [3.63, 3.8) is 0 Å². The molecule has 2 fully saturated rings. The average molecular weight is 413 g/mol. The molecule has 0 saturated carbocycles. The lowest BCUT2D eigenvalue weighted by atomic mass is 10.1. The van der Waals surface area contributed by atoms with Crippen LogP contribution in [-0.4, -0.2) is 55.3 Å². The third-order valence-corrected chi connectivity index (χ3v) is 5.07. The molecule has 1 aromatic carbocycles. The Morgan fingerprint density at radius 2 is 1.40 bits per heavy atom. The molecule has 0 amide bonds. The van der Waals surface area contributed by atoms with E-state index in [2.05, 4.69) is 40.7 Å². The molecule has 2 heterocycles. The van der Waals surface area contributed by atoms with Crippen LogP contribution in [0.15, 0.2) is 18.2 Å². The highest BCUT2D eigenvalue weighted by molar-refractivity contribution is 5.86. The van der Waals surface area contributed by atoms with E-state index in [-0.39, 0.29) is 37.2 Å². The van der Waals surface area contributed by atoms with Gasteiger partial charge in [0, 0.05) is 51.0 Å². The number of piperazine rings is 1. The van der Waals surface area contributed by atoms with Crippen LogP contribution in [0.5, 0.6) is 5.75 Å². The highest BCUT2D eigenvalue weighted by atomic mass is 35.5. The largest absolute Gasteiger partial charge is 0.506 e. The SMILES string of the molecule is CC(C)N1CCN(c2cc(N3CCCCC3)ccc2O)CC1.Cl.Cl.Cl. The molecule has 146 valence electrons. The molecule has 2 aliphatic rings. The topological polar surface area (TPSA) is 30.0 Å². The quantitative estimate of drug-likeness (QED) is 0.806. The third-order valence-electron chi connectivity index (χ3n) is 5.07. The second-order valence-corrected chi connectivity index (χ2v) is 6.84. The summed E-state index contributed by atoms with van der Waals surface area (Å²) >= 11 is 0. The minimum atomic E-state index is 0. The molecule has 3 rings (SSSR count). The van der Waals surface area contributed by atoms with Gasteiger partial charge in [-0.15, -0.1) is 37.2 Å². The Morgan fingerprint density at radius 3 is 1.96 bits per heavy atom. The summed E-state index contributed by atoms with van der Waals surface area (Å²) in [6.07, 6.45) is 3.91. The van der Waals surface area contributed by atoms with Gasteiger partial charge in [0.05, 0.1) is 5.69 Å². The van der Waals surface area contributed by atoms with Crippen LogP contribution in [-0.2, 0) is 0 Å². The number of nitrogens with zero attached hydrogens (tertiary/aromatic N) is 3. The molecule has 0 unspecified atom stereocenters. The first-order chi connectivity index (χ1) is 10.6. The first-order valence-electron chi connectivity index (χ1n) is 8.72. The van der Waals surface area contributed by atoms with Gasteiger partial charge in [-0.2, -0.15) is 0 Å². The number of phenols is 1. The summed E-state index contributed by atoms with van der Waals surface area (Å²) in [5, 5.41) is 10.3. The fraction of sp³-hybridized carbons (Fsp3) is 0.667. The molecule has 2 aliphatic heterocycles. The number of halogens is 3. The van der Waals surface area contributed by atoms with E-state index < -0.39 is 0 Å². The first kappa shape index (κ1) is 24.5. The summed E-state index contributed by atoms with van der Waals surface area (Å²) in [6, 6.07) is 6.73. The maximum atomic E-state index is 10.3. The van der Waals surface area contributed by atoms with Crippen molar-refractivity contribution >= 4 is 48.6 Å². The van der Waals surface area contributed by atoms with E-state index in [4.69, 9.17) is 0 Å². The highest BCUT2D eigenvalue weighted by Crippen LogP contribution is 2.33. The van der Waals surface area contributed by atoms with Crippen LogP contribution in [0, 0.1) is 0 Å². The summed E-state index contributed by atoms with van der Waals surface area (Å²) in [7, 11) is 0. The number of benzene rings is 1. The van der Waals surface area contributed by atoms with Crippen molar-refractivity contribution in [2.75, 3.05) is 49.1 Å². The van der Waals surface area contributed by atoms with Crippen molar-refractivity contribution in [3.8, 4) is 5.75 Å². The van der Waals surface area contributed by atoms with Gasteiger partial charge in [0.15, 0.2) is 0 Å². The number of hydrogen-bond acceptors (Lipinski definition) is 4. The van der Waals surface area contributed by atoms with Crippen LogP contribution in [0.3, 0.4) is 0 Å². The van der Waals surface area contributed by atoms with Gasteiger partial charge in [0.25, 0.3) is 0 Å². The second-order valence-electron chi connectivity index (χ2n) is 6.84. The molecule has 2 saturated heterocycles. The molecule has 7 heteroatoms. The van der Waals surface area contributed by atoms with Gasteiger partial charge in [0.1, 0.15) is 5.75 Å². The molecule has 0 spiro atoms. The normalized spacial score (nSPS) is 18.2. The smallest absolute Gasteiger partial charge is 0.139 e. The summed E-state index contributed by atoms with van der Waals surface area (Å²) in [6.45, 7) is 10.9. The Kier molecular flexibility index (Phi) is 11.0. The molecular formula is C18H32Cl3N3O. The van der Waals surface area contributed by atoms with Crippen LogP contribution in [0.1, 0.15) is 33.1 Å². The van der Waals surface area contributed by atoms with Crippen LogP contribution in [0.25, 0.3) is 0 Å². The molecular weight excluding hydrogens is 381 g/mol. The van der Waals surface area contributed by atoms with Gasteiger partial charge in [0.2, 0.25) is 0 Å². The number of rotatable bonds is 3. The van der Waals surface area contributed by atoms with Gasteiger partial charge in [-0.05, 0) is 51.3 Å². The Balaban J connectivity index is 0.00000192. The zero-order valence-electron chi connectivity index (χ0n) is 15.2.